The van der Waals surface area contributed by atoms with Crippen molar-refractivity contribution in [1.29, 1.82) is 0 Å². The predicted octanol–water partition coefficient (Wildman–Crippen LogP) is 5.49. The van der Waals surface area contributed by atoms with Crippen molar-refractivity contribution in [3.63, 3.8) is 0 Å². The first-order valence-corrected chi connectivity index (χ1v) is 7.32. The lowest BCUT2D eigenvalue weighted by Crippen LogP contribution is -2.03. The van der Waals surface area contributed by atoms with Crippen LogP contribution in [0.1, 0.15) is 38.8 Å². The summed E-state index contributed by atoms with van der Waals surface area (Å²) in [6, 6.07) is 5.72. The molecule has 0 atom stereocenters. The van der Waals surface area contributed by atoms with Gasteiger partial charge in [-0.1, -0.05) is 44.0 Å². The molecule has 0 aliphatic rings. The summed E-state index contributed by atoms with van der Waals surface area (Å²) in [5.74, 6) is 0.365. The van der Waals surface area contributed by atoms with E-state index in [1.165, 1.54) is 0 Å². The zero-order valence-electron chi connectivity index (χ0n) is 11.4. The summed E-state index contributed by atoms with van der Waals surface area (Å²) in [6.45, 7) is 7.31. The number of benzene rings is 1. The number of pyridine rings is 1. The maximum Gasteiger partial charge on any atom is 0.0756 e. The van der Waals surface area contributed by atoms with Crippen LogP contribution in [0.4, 0.5) is 5.69 Å². The molecule has 1 heterocycles. The van der Waals surface area contributed by atoms with Gasteiger partial charge in [0.15, 0.2) is 0 Å². The Labute approximate surface area is 124 Å². The number of anilines is 1. The molecule has 0 unspecified atom stereocenters. The van der Waals surface area contributed by atoms with Gasteiger partial charge in [-0.25, -0.2) is 0 Å². The average molecular weight is 297 g/mol. The first-order valence-electron chi connectivity index (χ1n) is 6.56. The minimum Gasteiger partial charge on any atom is -0.384 e. The maximum atomic E-state index is 6.31. The van der Waals surface area contributed by atoms with Gasteiger partial charge in [-0.15, -0.1) is 0 Å². The van der Waals surface area contributed by atoms with Crippen LogP contribution in [-0.2, 0) is 0 Å². The highest BCUT2D eigenvalue weighted by molar-refractivity contribution is 6.39. The molecular weight excluding hydrogens is 279 g/mol. The molecule has 0 spiro atoms. The normalized spacial score (nSPS) is 11.3. The number of hydrogen-bond acceptors (Lipinski definition) is 2. The number of rotatable bonds is 4. The van der Waals surface area contributed by atoms with Crippen LogP contribution in [0.2, 0.25) is 10.0 Å². The van der Waals surface area contributed by atoms with Crippen molar-refractivity contribution < 1.29 is 0 Å². The zero-order valence-corrected chi connectivity index (χ0v) is 12.9. The van der Waals surface area contributed by atoms with Gasteiger partial charge in [-0.05, 0) is 30.5 Å². The molecule has 0 aliphatic heterocycles. The smallest absolute Gasteiger partial charge is 0.0756 e. The molecule has 0 bridgehead atoms. The summed E-state index contributed by atoms with van der Waals surface area (Å²) < 4.78 is 0. The van der Waals surface area contributed by atoms with E-state index in [2.05, 4.69) is 37.1 Å². The number of nitrogens with zero attached hydrogens (tertiary/aromatic N) is 1. The van der Waals surface area contributed by atoms with E-state index in [0.717, 1.165) is 35.2 Å². The molecule has 1 N–H and O–H groups in total. The molecule has 0 fully saturated rings. The molecule has 19 heavy (non-hydrogen) atoms. The van der Waals surface area contributed by atoms with E-state index >= 15 is 0 Å². The molecule has 102 valence electrons. The number of halogens is 2. The number of nitrogens with one attached hydrogen (secondary N) is 1. The highest BCUT2D eigenvalue weighted by Gasteiger charge is 2.12. The first-order chi connectivity index (χ1) is 9.02. The quantitative estimate of drug-likeness (QED) is 0.807. The second-order valence-electron chi connectivity index (χ2n) is 4.96. The zero-order chi connectivity index (χ0) is 14.0. The Bertz CT molecular complexity index is 594. The highest BCUT2D eigenvalue weighted by atomic mass is 35.5. The van der Waals surface area contributed by atoms with Crippen molar-refractivity contribution in [2.75, 3.05) is 11.9 Å². The van der Waals surface area contributed by atoms with E-state index in [1.54, 1.807) is 6.07 Å². The summed E-state index contributed by atoms with van der Waals surface area (Å²) >= 11 is 12.4. The molecule has 0 amide bonds. The molecule has 2 nitrogen and oxygen atoms in total. The Morgan fingerprint density at radius 1 is 1.21 bits per heavy atom. The minimum atomic E-state index is 0.365. The van der Waals surface area contributed by atoms with Crippen molar-refractivity contribution in [3.8, 4) is 0 Å². The molecule has 0 radical (unpaired) electrons. The van der Waals surface area contributed by atoms with E-state index in [1.807, 2.05) is 6.07 Å². The Kier molecular flexibility index (Phi) is 4.54. The second kappa shape index (κ2) is 5.98. The van der Waals surface area contributed by atoms with Gasteiger partial charge in [0.25, 0.3) is 0 Å². The van der Waals surface area contributed by atoms with Gasteiger partial charge in [0, 0.05) is 28.3 Å². The number of fused-ring (bicyclic) bond motifs is 1. The fraction of sp³-hybridized carbons (Fsp3) is 0.400. The lowest BCUT2D eigenvalue weighted by Gasteiger charge is -2.14. The fourth-order valence-electron chi connectivity index (χ4n) is 2.00. The largest absolute Gasteiger partial charge is 0.384 e. The molecule has 0 saturated carbocycles. The Morgan fingerprint density at radius 3 is 2.58 bits per heavy atom. The van der Waals surface area contributed by atoms with Crippen LogP contribution in [0.15, 0.2) is 18.2 Å². The third kappa shape index (κ3) is 3.13. The van der Waals surface area contributed by atoms with Gasteiger partial charge in [0.2, 0.25) is 0 Å². The van der Waals surface area contributed by atoms with Gasteiger partial charge < -0.3 is 5.32 Å². The second-order valence-corrected chi connectivity index (χ2v) is 5.80. The van der Waals surface area contributed by atoms with Crippen molar-refractivity contribution in [3.05, 3.63) is 33.9 Å². The van der Waals surface area contributed by atoms with E-state index in [4.69, 9.17) is 23.2 Å². The van der Waals surface area contributed by atoms with Crippen LogP contribution in [0.25, 0.3) is 10.9 Å². The average Bonchev–Trinajstić information content (AvgIpc) is 2.34. The number of hydrogen-bond donors (Lipinski definition) is 1. The molecule has 4 heteroatoms. The van der Waals surface area contributed by atoms with Gasteiger partial charge in [-0.3, -0.25) is 4.98 Å². The van der Waals surface area contributed by atoms with Crippen molar-refractivity contribution in [2.45, 2.75) is 33.1 Å². The van der Waals surface area contributed by atoms with Crippen molar-refractivity contribution >= 4 is 39.8 Å². The molecule has 1 aromatic heterocycles. The summed E-state index contributed by atoms with van der Waals surface area (Å²) in [4.78, 5) is 4.66. The molecule has 0 aliphatic carbocycles. The summed E-state index contributed by atoms with van der Waals surface area (Å²) in [5.41, 5.74) is 2.93. The monoisotopic (exact) mass is 296 g/mol. The minimum absolute atomic E-state index is 0.365. The van der Waals surface area contributed by atoms with E-state index < -0.39 is 0 Å². The van der Waals surface area contributed by atoms with Gasteiger partial charge >= 0.3 is 0 Å². The molecule has 0 saturated heterocycles. The van der Waals surface area contributed by atoms with E-state index in [0.29, 0.717) is 16.0 Å². The predicted molar refractivity (Wildman–Crippen MR) is 84.6 cm³/mol. The Balaban J connectivity index is 2.67. The molecular formula is C15H18Cl2N2. The van der Waals surface area contributed by atoms with Gasteiger partial charge in [0.1, 0.15) is 0 Å². The lowest BCUT2D eigenvalue weighted by atomic mass is 10.1. The molecule has 1 aromatic carbocycles. The van der Waals surface area contributed by atoms with Crippen molar-refractivity contribution in [2.24, 2.45) is 0 Å². The molecule has 2 aromatic rings. The highest BCUT2D eigenvalue weighted by Crippen LogP contribution is 2.34. The van der Waals surface area contributed by atoms with Crippen LogP contribution in [0.5, 0.6) is 0 Å². The van der Waals surface area contributed by atoms with Crippen LogP contribution in [0.3, 0.4) is 0 Å². The lowest BCUT2D eigenvalue weighted by molar-refractivity contribution is 0.829. The van der Waals surface area contributed by atoms with Crippen LogP contribution < -0.4 is 5.32 Å². The maximum absolute atomic E-state index is 6.31. The van der Waals surface area contributed by atoms with Gasteiger partial charge in [-0.2, -0.15) is 0 Å². The van der Waals surface area contributed by atoms with E-state index in [9.17, 15) is 0 Å². The fourth-order valence-corrected chi connectivity index (χ4v) is 2.59. The third-order valence-electron chi connectivity index (χ3n) is 3.00. The summed E-state index contributed by atoms with van der Waals surface area (Å²) in [6.07, 6.45) is 1.06. The first kappa shape index (κ1) is 14.4. The topological polar surface area (TPSA) is 24.9 Å². The standard InChI is InChI=1S/C15H18Cl2N2/c1-4-5-18-13-8-12(9(2)3)19-14-7-10(16)6-11(17)15(13)14/h6-9H,4-5H2,1-3H3,(H,18,19). The third-order valence-corrected chi connectivity index (χ3v) is 3.52. The SMILES string of the molecule is CCCNc1cc(C(C)C)nc2cc(Cl)cc(Cl)c12. The molecule has 2 rings (SSSR count). The van der Waals surface area contributed by atoms with Crippen LogP contribution in [0, 0.1) is 0 Å². The van der Waals surface area contributed by atoms with E-state index in [-0.39, 0.29) is 0 Å². The summed E-state index contributed by atoms with van der Waals surface area (Å²) in [7, 11) is 0. The Morgan fingerprint density at radius 2 is 1.95 bits per heavy atom. The van der Waals surface area contributed by atoms with Crippen LogP contribution >= 0.6 is 23.2 Å². The Hall–Kier alpha value is -0.990. The summed E-state index contributed by atoms with van der Waals surface area (Å²) in [5, 5.41) is 5.63. The van der Waals surface area contributed by atoms with Crippen LogP contribution in [-0.4, -0.2) is 11.5 Å². The van der Waals surface area contributed by atoms with Crippen molar-refractivity contribution in [1.82, 2.24) is 4.98 Å². The van der Waals surface area contributed by atoms with Gasteiger partial charge in [0.05, 0.1) is 10.5 Å². The number of aromatic nitrogens is 1.